The normalized spacial score (nSPS) is 13.0. The standard InChI is InChI=1S/C16H23NOS/c1-13-7-8-14(2)15(11-13)19(18)10-6-5-9-16(3,4)12-17/h7-8,11H,5-6,9-10H2,1-4H3. The highest BCUT2D eigenvalue weighted by atomic mass is 32.2. The van der Waals surface area contributed by atoms with Crippen molar-refractivity contribution >= 4 is 10.8 Å². The number of benzene rings is 1. The highest BCUT2D eigenvalue weighted by molar-refractivity contribution is 7.85. The van der Waals surface area contributed by atoms with Gasteiger partial charge < -0.3 is 0 Å². The molecule has 3 heteroatoms. The molecule has 0 aromatic heterocycles. The van der Waals surface area contributed by atoms with Crippen molar-refractivity contribution in [1.29, 1.82) is 5.26 Å². The van der Waals surface area contributed by atoms with Crippen LogP contribution in [0, 0.1) is 30.6 Å². The first kappa shape index (κ1) is 15.9. The number of hydrogen-bond donors (Lipinski definition) is 0. The maximum Gasteiger partial charge on any atom is 0.0683 e. The van der Waals surface area contributed by atoms with Gasteiger partial charge in [0.25, 0.3) is 0 Å². The molecule has 0 saturated carbocycles. The monoisotopic (exact) mass is 277 g/mol. The van der Waals surface area contributed by atoms with Crippen LogP contribution in [-0.4, -0.2) is 9.96 Å². The van der Waals surface area contributed by atoms with Crippen LogP contribution >= 0.6 is 0 Å². The summed E-state index contributed by atoms with van der Waals surface area (Å²) in [5.74, 6) is 0.686. The molecule has 0 bridgehead atoms. The van der Waals surface area contributed by atoms with E-state index in [2.05, 4.69) is 6.07 Å². The van der Waals surface area contributed by atoms with Crippen molar-refractivity contribution in [1.82, 2.24) is 0 Å². The molecule has 0 aliphatic heterocycles. The van der Waals surface area contributed by atoms with E-state index in [0.717, 1.165) is 35.3 Å². The summed E-state index contributed by atoms with van der Waals surface area (Å²) in [6, 6.07) is 8.40. The molecule has 0 fully saturated rings. The van der Waals surface area contributed by atoms with Crippen LogP contribution in [0.4, 0.5) is 0 Å². The molecule has 1 aromatic rings. The summed E-state index contributed by atoms with van der Waals surface area (Å²) in [5.41, 5.74) is 1.99. The Labute approximate surface area is 119 Å². The van der Waals surface area contributed by atoms with E-state index in [1.807, 2.05) is 45.9 Å². The van der Waals surface area contributed by atoms with E-state index >= 15 is 0 Å². The van der Waals surface area contributed by atoms with Crippen LogP contribution in [0.25, 0.3) is 0 Å². The molecule has 1 aromatic carbocycles. The summed E-state index contributed by atoms with van der Waals surface area (Å²) in [7, 11) is -0.918. The molecule has 0 saturated heterocycles. The molecule has 0 radical (unpaired) electrons. The van der Waals surface area contributed by atoms with Gasteiger partial charge in [0.15, 0.2) is 0 Å². The van der Waals surface area contributed by atoms with E-state index in [-0.39, 0.29) is 5.41 Å². The zero-order chi connectivity index (χ0) is 14.5. The Balaban J connectivity index is 2.49. The van der Waals surface area contributed by atoms with E-state index in [0.29, 0.717) is 5.75 Å². The van der Waals surface area contributed by atoms with Crippen LogP contribution in [0.1, 0.15) is 44.2 Å². The zero-order valence-corrected chi connectivity index (χ0v) is 13.1. The SMILES string of the molecule is Cc1ccc(C)c(S(=O)CCCCC(C)(C)C#N)c1. The molecule has 0 N–H and O–H groups in total. The molecule has 1 unspecified atom stereocenters. The molecule has 1 rings (SSSR count). The van der Waals surface area contributed by atoms with E-state index in [9.17, 15) is 4.21 Å². The fraction of sp³-hybridized carbons (Fsp3) is 0.562. The lowest BCUT2D eigenvalue weighted by Crippen LogP contribution is -2.08. The van der Waals surface area contributed by atoms with Crippen molar-refractivity contribution < 1.29 is 4.21 Å². The van der Waals surface area contributed by atoms with Gasteiger partial charge in [0.05, 0.1) is 22.3 Å². The van der Waals surface area contributed by atoms with Crippen molar-refractivity contribution in [2.24, 2.45) is 5.41 Å². The topological polar surface area (TPSA) is 40.9 Å². The Kier molecular flexibility index (Phi) is 5.75. The van der Waals surface area contributed by atoms with Crippen molar-refractivity contribution in [2.75, 3.05) is 5.75 Å². The third kappa shape index (κ3) is 5.16. The second kappa shape index (κ2) is 6.86. The first-order valence-electron chi connectivity index (χ1n) is 6.72. The van der Waals surface area contributed by atoms with E-state index in [4.69, 9.17) is 5.26 Å². The van der Waals surface area contributed by atoms with Crippen LogP contribution in [-0.2, 0) is 10.8 Å². The van der Waals surface area contributed by atoms with Gasteiger partial charge in [0.1, 0.15) is 0 Å². The van der Waals surface area contributed by atoms with Gasteiger partial charge in [-0.25, -0.2) is 0 Å². The smallest absolute Gasteiger partial charge is 0.0683 e. The van der Waals surface area contributed by atoms with Gasteiger partial charge in [-0.2, -0.15) is 5.26 Å². The lowest BCUT2D eigenvalue weighted by molar-refractivity contribution is 0.432. The summed E-state index contributed by atoms with van der Waals surface area (Å²) >= 11 is 0. The van der Waals surface area contributed by atoms with Gasteiger partial charge in [0.2, 0.25) is 0 Å². The molecule has 1 atom stereocenters. The van der Waals surface area contributed by atoms with Crippen LogP contribution in [0.2, 0.25) is 0 Å². The first-order valence-corrected chi connectivity index (χ1v) is 8.04. The van der Waals surface area contributed by atoms with Crippen molar-refractivity contribution in [2.45, 2.75) is 51.9 Å². The summed E-state index contributed by atoms with van der Waals surface area (Å²) in [6.07, 6.45) is 2.73. The average Bonchev–Trinajstić information content (AvgIpc) is 2.37. The fourth-order valence-electron chi connectivity index (χ4n) is 1.92. The van der Waals surface area contributed by atoms with Gasteiger partial charge >= 0.3 is 0 Å². The summed E-state index contributed by atoms with van der Waals surface area (Å²) < 4.78 is 12.3. The highest BCUT2D eigenvalue weighted by Crippen LogP contribution is 2.22. The first-order chi connectivity index (χ1) is 8.85. The second-order valence-electron chi connectivity index (χ2n) is 5.77. The third-order valence-electron chi connectivity index (χ3n) is 3.27. The Morgan fingerprint density at radius 3 is 2.58 bits per heavy atom. The number of hydrogen-bond acceptors (Lipinski definition) is 2. The van der Waals surface area contributed by atoms with Gasteiger partial charge in [-0.1, -0.05) is 18.6 Å². The molecular formula is C16H23NOS. The quantitative estimate of drug-likeness (QED) is 0.733. The van der Waals surface area contributed by atoms with Gasteiger partial charge in [-0.3, -0.25) is 4.21 Å². The predicted molar refractivity (Wildman–Crippen MR) is 80.4 cm³/mol. The lowest BCUT2D eigenvalue weighted by atomic mass is 9.89. The maximum atomic E-state index is 12.3. The van der Waals surface area contributed by atoms with E-state index in [1.54, 1.807) is 0 Å². The third-order valence-corrected chi connectivity index (χ3v) is 4.86. The van der Waals surface area contributed by atoms with E-state index < -0.39 is 10.8 Å². The maximum absolute atomic E-state index is 12.3. The van der Waals surface area contributed by atoms with Crippen LogP contribution in [0.5, 0.6) is 0 Å². The van der Waals surface area contributed by atoms with E-state index in [1.165, 1.54) is 0 Å². The minimum Gasteiger partial charge on any atom is -0.254 e. The minimum absolute atomic E-state index is 0.263. The van der Waals surface area contributed by atoms with Crippen LogP contribution < -0.4 is 0 Å². The van der Waals surface area contributed by atoms with Crippen LogP contribution in [0.15, 0.2) is 23.1 Å². The van der Waals surface area contributed by atoms with Crippen molar-refractivity contribution in [3.8, 4) is 6.07 Å². The molecule has 0 aliphatic rings. The lowest BCUT2D eigenvalue weighted by Gasteiger charge is -2.14. The molecule has 0 spiro atoms. The summed E-state index contributed by atoms with van der Waals surface area (Å²) in [4.78, 5) is 0.958. The van der Waals surface area contributed by atoms with Gasteiger partial charge in [-0.05, 0) is 57.7 Å². The molecular weight excluding hydrogens is 254 g/mol. The number of nitrogens with zero attached hydrogens (tertiary/aromatic N) is 1. The Morgan fingerprint density at radius 2 is 1.95 bits per heavy atom. The van der Waals surface area contributed by atoms with Gasteiger partial charge in [-0.15, -0.1) is 0 Å². The highest BCUT2D eigenvalue weighted by Gasteiger charge is 2.16. The molecule has 0 aliphatic carbocycles. The average molecular weight is 277 g/mol. The van der Waals surface area contributed by atoms with Crippen molar-refractivity contribution in [3.05, 3.63) is 29.3 Å². The Bertz CT molecular complexity index is 500. The Morgan fingerprint density at radius 1 is 1.26 bits per heavy atom. The van der Waals surface area contributed by atoms with Gasteiger partial charge in [0, 0.05) is 10.6 Å². The Hall–Kier alpha value is -1.14. The number of rotatable bonds is 6. The predicted octanol–water partition coefficient (Wildman–Crippen LogP) is 4.13. The number of unbranched alkanes of at least 4 members (excludes halogenated alkanes) is 1. The largest absolute Gasteiger partial charge is 0.254 e. The summed E-state index contributed by atoms with van der Waals surface area (Å²) in [6.45, 7) is 7.93. The minimum atomic E-state index is -0.918. The van der Waals surface area contributed by atoms with Crippen molar-refractivity contribution in [3.63, 3.8) is 0 Å². The molecule has 104 valence electrons. The second-order valence-corrected chi connectivity index (χ2v) is 7.31. The number of aryl methyl sites for hydroxylation is 2. The molecule has 19 heavy (non-hydrogen) atoms. The molecule has 0 heterocycles. The summed E-state index contributed by atoms with van der Waals surface area (Å²) in [5, 5.41) is 8.94. The number of nitriles is 1. The molecule has 2 nitrogen and oxygen atoms in total. The fourth-order valence-corrected chi connectivity index (χ4v) is 3.35. The molecule has 0 amide bonds. The van der Waals surface area contributed by atoms with Crippen LogP contribution in [0.3, 0.4) is 0 Å². The zero-order valence-electron chi connectivity index (χ0n) is 12.3.